The maximum absolute atomic E-state index is 13.4. The van der Waals surface area contributed by atoms with Crippen LogP contribution in [0.15, 0.2) is 53.6 Å². The van der Waals surface area contributed by atoms with Crippen molar-refractivity contribution in [2.75, 3.05) is 38.8 Å². The van der Waals surface area contributed by atoms with Gasteiger partial charge in [-0.15, -0.1) is 0 Å². The highest BCUT2D eigenvalue weighted by Gasteiger charge is 2.27. The van der Waals surface area contributed by atoms with Gasteiger partial charge in [-0.2, -0.15) is 0 Å². The van der Waals surface area contributed by atoms with E-state index in [1.54, 1.807) is 13.2 Å². The Hall–Kier alpha value is -2.75. The predicted octanol–water partition coefficient (Wildman–Crippen LogP) is 2.75. The fraction of sp³-hybridized carbons (Fsp3) is 0.481. The number of allylic oxidation sites excluding steroid dienone is 3. The molecular formula is C27H36N2O6S. The van der Waals surface area contributed by atoms with Gasteiger partial charge in [0, 0.05) is 31.5 Å². The number of aliphatic carboxylic acids is 1. The molecule has 0 saturated carbocycles. The van der Waals surface area contributed by atoms with Gasteiger partial charge in [-0.05, 0) is 55.9 Å². The standard InChI is InChI=1S/C27H36N2O6S/c1-19-8-4-5-11-22(19)24-16-20(17-29-14-7-10-21(29)18-35-2)9-6-12-23(24)26(30)28-25(27(31)32)13-15-36(3,33)34/h4-6,8,11-12,16,21,25H,7,9-10,13-15,17-18H2,1-3H3,(H,28,30)(H,31,32)/t21-,25?/m0/s1. The van der Waals surface area contributed by atoms with E-state index in [9.17, 15) is 23.1 Å². The summed E-state index contributed by atoms with van der Waals surface area (Å²) in [4.78, 5) is 27.6. The average Bonchev–Trinajstić information content (AvgIpc) is 3.12. The summed E-state index contributed by atoms with van der Waals surface area (Å²) in [6, 6.07) is 6.82. The number of ether oxygens (including phenoxy) is 1. The minimum atomic E-state index is -3.37. The van der Waals surface area contributed by atoms with E-state index >= 15 is 0 Å². The van der Waals surface area contributed by atoms with Gasteiger partial charge in [-0.3, -0.25) is 9.69 Å². The highest BCUT2D eigenvalue weighted by Crippen LogP contribution is 2.30. The minimum Gasteiger partial charge on any atom is -0.480 e. The Bertz CT molecular complexity index is 1170. The van der Waals surface area contributed by atoms with Crippen molar-refractivity contribution in [3.05, 3.63) is 64.8 Å². The van der Waals surface area contributed by atoms with Crippen LogP contribution in [0.25, 0.3) is 5.57 Å². The molecule has 1 aliphatic carbocycles. The monoisotopic (exact) mass is 516 g/mol. The van der Waals surface area contributed by atoms with Crippen LogP contribution in [0.5, 0.6) is 0 Å². The number of benzene rings is 1. The number of aryl methyl sites for hydroxylation is 1. The van der Waals surface area contributed by atoms with Gasteiger partial charge in [0.15, 0.2) is 0 Å². The number of likely N-dealkylation sites (tertiary alicyclic amines) is 1. The summed E-state index contributed by atoms with van der Waals surface area (Å²) in [6.07, 6.45) is 9.44. The highest BCUT2D eigenvalue weighted by molar-refractivity contribution is 7.90. The first kappa shape index (κ1) is 27.8. The molecule has 3 rings (SSSR count). The lowest BCUT2D eigenvalue weighted by Gasteiger charge is -2.25. The number of nitrogens with one attached hydrogen (secondary N) is 1. The van der Waals surface area contributed by atoms with Crippen molar-refractivity contribution in [1.82, 2.24) is 10.2 Å². The maximum Gasteiger partial charge on any atom is 0.326 e. The lowest BCUT2D eigenvalue weighted by Crippen LogP contribution is -2.42. The second-order valence-corrected chi connectivity index (χ2v) is 11.8. The molecule has 0 spiro atoms. The van der Waals surface area contributed by atoms with Crippen molar-refractivity contribution in [3.63, 3.8) is 0 Å². The molecular weight excluding hydrogens is 480 g/mol. The van der Waals surface area contributed by atoms with Crippen molar-refractivity contribution in [2.24, 2.45) is 0 Å². The second kappa shape index (κ2) is 12.5. The number of carboxylic acid groups (broad SMARTS) is 1. The quantitative estimate of drug-likeness (QED) is 0.465. The summed E-state index contributed by atoms with van der Waals surface area (Å²) in [5.41, 5.74) is 4.13. The highest BCUT2D eigenvalue weighted by atomic mass is 32.2. The van der Waals surface area contributed by atoms with Crippen LogP contribution in [0.4, 0.5) is 0 Å². The smallest absolute Gasteiger partial charge is 0.326 e. The summed E-state index contributed by atoms with van der Waals surface area (Å²) < 4.78 is 28.5. The molecule has 2 N–H and O–H groups in total. The van der Waals surface area contributed by atoms with Crippen LogP contribution in [0, 0.1) is 6.92 Å². The Balaban J connectivity index is 1.96. The summed E-state index contributed by atoms with van der Waals surface area (Å²) in [6.45, 7) is 4.41. The van der Waals surface area contributed by atoms with E-state index in [0.717, 1.165) is 54.5 Å². The zero-order chi connectivity index (χ0) is 26.3. The number of methoxy groups -OCH3 is 1. The molecule has 1 heterocycles. The third-order valence-corrected chi connectivity index (χ3v) is 7.61. The summed E-state index contributed by atoms with van der Waals surface area (Å²) >= 11 is 0. The average molecular weight is 517 g/mol. The molecule has 0 bridgehead atoms. The Morgan fingerprint density at radius 2 is 2.03 bits per heavy atom. The molecule has 196 valence electrons. The molecule has 1 aromatic carbocycles. The van der Waals surface area contributed by atoms with Gasteiger partial charge in [-0.1, -0.05) is 48.1 Å². The van der Waals surface area contributed by atoms with E-state index < -0.39 is 27.8 Å². The van der Waals surface area contributed by atoms with Crippen molar-refractivity contribution in [1.29, 1.82) is 0 Å². The molecule has 1 aromatic rings. The van der Waals surface area contributed by atoms with Gasteiger partial charge in [0.25, 0.3) is 5.91 Å². The number of hydrogen-bond acceptors (Lipinski definition) is 6. The van der Waals surface area contributed by atoms with E-state index in [2.05, 4.69) is 10.2 Å². The van der Waals surface area contributed by atoms with E-state index in [-0.39, 0.29) is 12.2 Å². The van der Waals surface area contributed by atoms with Crippen molar-refractivity contribution in [3.8, 4) is 0 Å². The Morgan fingerprint density at radius 1 is 1.28 bits per heavy atom. The summed E-state index contributed by atoms with van der Waals surface area (Å²) in [7, 11) is -1.65. The van der Waals surface area contributed by atoms with Crippen LogP contribution >= 0.6 is 0 Å². The van der Waals surface area contributed by atoms with Gasteiger partial charge in [0.2, 0.25) is 0 Å². The number of rotatable bonds is 11. The van der Waals surface area contributed by atoms with Crippen LogP contribution in [-0.2, 0) is 24.2 Å². The van der Waals surface area contributed by atoms with Gasteiger partial charge in [0.05, 0.1) is 12.4 Å². The molecule has 1 amide bonds. The summed E-state index contributed by atoms with van der Waals surface area (Å²) in [5.74, 6) is -2.13. The van der Waals surface area contributed by atoms with Crippen LogP contribution < -0.4 is 5.32 Å². The van der Waals surface area contributed by atoms with Crippen LogP contribution in [0.1, 0.15) is 36.8 Å². The number of sulfone groups is 1. The number of hydrogen-bond donors (Lipinski definition) is 2. The third-order valence-electron chi connectivity index (χ3n) is 6.63. The molecule has 9 heteroatoms. The van der Waals surface area contributed by atoms with E-state index in [1.807, 2.05) is 43.3 Å². The van der Waals surface area contributed by atoms with Gasteiger partial charge in [0.1, 0.15) is 15.9 Å². The van der Waals surface area contributed by atoms with Crippen LogP contribution in [-0.4, -0.2) is 81.2 Å². The number of carbonyl (C=O) groups is 2. The number of carboxylic acids is 1. The van der Waals surface area contributed by atoms with Gasteiger partial charge in [-0.25, -0.2) is 13.2 Å². The normalized spacial score (nSPS) is 19.6. The third kappa shape index (κ3) is 7.62. The number of amides is 1. The zero-order valence-corrected chi connectivity index (χ0v) is 22.0. The minimum absolute atomic E-state index is 0.201. The lowest BCUT2D eigenvalue weighted by molar-refractivity contribution is -0.141. The topological polar surface area (TPSA) is 113 Å². The van der Waals surface area contributed by atoms with E-state index in [1.165, 1.54) is 0 Å². The lowest BCUT2D eigenvalue weighted by atomic mass is 9.94. The number of nitrogens with zero attached hydrogens (tertiary/aromatic N) is 1. The number of carbonyl (C=O) groups excluding carboxylic acids is 1. The fourth-order valence-electron chi connectivity index (χ4n) is 4.74. The predicted molar refractivity (Wildman–Crippen MR) is 140 cm³/mol. The molecule has 1 saturated heterocycles. The Labute approximate surface area is 213 Å². The van der Waals surface area contributed by atoms with Crippen molar-refractivity contribution in [2.45, 2.75) is 44.7 Å². The van der Waals surface area contributed by atoms with Crippen LogP contribution in [0.2, 0.25) is 0 Å². The SMILES string of the molecule is COC[C@@H]1CCCN1CC1=CC(c2ccccc2C)=C(C(=O)NC(CCS(C)(=O)=O)C(=O)O)C=CC1. The largest absolute Gasteiger partial charge is 0.480 e. The summed E-state index contributed by atoms with van der Waals surface area (Å²) in [5, 5.41) is 12.1. The molecule has 8 nitrogen and oxygen atoms in total. The Morgan fingerprint density at radius 3 is 2.69 bits per heavy atom. The van der Waals surface area contributed by atoms with Gasteiger partial charge < -0.3 is 15.2 Å². The van der Waals surface area contributed by atoms with E-state index in [4.69, 9.17) is 4.74 Å². The van der Waals surface area contributed by atoms with Crippen molar-refractivity contribution >= 4 is 27.3 Å². The second-order valence-electron chi connectivity index (χ2n) is 9.56. The molecule has 1 unspecified atom stereocenters. The first-order valence-electron chi connectivity index (χ1n) is 12.2. The first-order chi connectivity index (χ1) is 17.1. The molecule has 36 heavy (non-hydrogen) atoms. The van der Waals surface area contributed by atoms with E-state index in [0.29, 0.717) is 24.6 Å². The molecule has 2 aliphatic rings. The molecule has 2 atom stereocenters. The molecule has 0 aromatic heterocycles. The van der Waals surface area contributed by atoms with Gasteiger partial charge >= 0.3 is 5.97 Å². The van der Waals surface area contributed by atoms with Crippen molar-refractivity contribution < 1.29 is 27.9 Å². The molecule has 1 aliphatic heterocycles. The molecule has 0 radical (unpaired) electrons. The zero-order valence-electron chi connectivity index (χ0n) is 21.2. The first-order valence-corrected chi connectivity index (χ1v) is 14.3. The maximum atomic E-state index is 13.4. The fourth-order valence-corrected chi connectivity index (χ4v) is 5.40. The Kier molecular flexibility index (Phi) is 9.64. The van der Waals surface area contributed by atoms with Crippen LogP contribution in [0.3, 0.4) is 0 Å². The molecule has 1 fully saturated rings.